The normalized spacial score (nSPS) is 12.8. The second-order valence-corrected chi connectivity index (χ2v) is 6.74. The summed E-state index contributed by atoms with van der Waals surface area (Å²) in [7, 11) is 1.68. The molecular formula is C14H27BrN2O3. The van der Waals surface area contributed by atoms with Crippen molar-refractivity contribution >= 4 is 22.0 Å². The number of carbonyl (C=O) groups is 1. The van der Waals surface area contributed by atoms with E-state index in [0.29, 0.717) is 19.7 Å². The first kappa shape index (κ1) is 19.4. The molecule has 1 amide bonds. The Morgan fingerprint density at radius 2 is 2.05 bits per heavy atom. The zero-order chi connectivity index (χ0) is 15.6. The molecule has 0 saturated heterocycles. The van der Waals surface area contributed by atoms with Crippen LogP contribution in [0.5, 0.6) is 0 Å². The highest BCUT2D eigenvalue weighted by molar-refractivity contribution is 9.11. The van der Waals surface area contributed by atoms with Gasteiger partial charge in [0.1, 0.15) is 5.60 Å². The van der Waals surface area contributed by atoms with Crippen LogP contribution in [-0.2, 0) is 9.47 Å². The van der Waals surface area contributed by atoms with Crippen molar-refractivity contribution in [2.24, 2.45) is 0 Å². The van der Waals surface area contributed by atoms with Crippen LogP contribution in [0.15, 0.2) is 11.1 Å². The van der Waals surface area contributed by atoms with Crippen LogP contribution < -0.4 is 10.6 Å². The molecule has 0 heterocycles. The van der Waals surface area contributed by atoms with Crippen LogP contribution in [0, 0.1) is 0 Å². The van der Waals surface area contributed by atoms with Gasteiger partial charge < -0.3 is 20.1 Å². The maximum Gasteiger partial charge on any atom is 0.407 e. The molecule has 0 bridgehead atoms. The Morgan fingerprint density at radius 3 is 2.55 bits per heavy atom. The Kier molecular flexibility index (Phi) is 9.88. The summed E-state index contributed by atoms with van der Waals surface area (Å²) in [5, 5.41) is 6.08. The molecule has 0 fully saturated rings. The first-order valence-electron chi connectivity index (χ1n) is 6.77. The third kappa shape index (κ3) is 12.4. The number of hydrogen-bond acceptors (Lipinski definition) is 4. The number of ether oxygens (including phenoxy) is 2. The minimum Gasteiger partial charge on any atom is -0.444 e. The van der Waals surface area contributed by atoms with Crippen LogP contribution in [0.4, 0.5) is 4.79 Å². The first-order chi connectivity index (χ1) is 9.24. The fraction of sp³-hybridized carbons (Fsp3) is 0.786. The Hall–Kier alpha value is -0.590. The summed E-state index contributed by atoms with van der Waals surface area (Å²) in [5.74, 6) is 0. The Bertz CT molecular complexity index is 303. The van der Waals surface area contributed by atoms with Gasteiger partial charge in [-0.05, 0) is 33.6 Å². The third-order valence-corrected chi connectivity index (χ3v) is 2.63. The highest BCUT2D eigenvalue weighted by Crippen LogP contribution is 2.06. The number of hydrogen-bond donors (Lipinski definition) is 2. The van der Waals surface area contributed by atoms with Gasteiger partial charge in [-0.15, -0.1) is 0 Å². The molecule has 0 aromatic carbocycles. The second kappa shape index (κ2) is 10.2. The van der Waals surface area contributed by atoms with E-state index < -0.39 is 5.60 Å². The average molecular weight is 351 g/mol. The van der Waals surface area contributed by atoms with Gasteiger partial charge in [0.05, 0.1) is 6.61 Å². The van der Waals surface area contributed by atoms with Gasteiger partial charge >= 0.3 is 6.09 Å². The number of rotatable bonds is 9. The molecule has 0 spiro atoms. The molecule has 118 valence electrons. The van der Waals surface area contributed by atoms with Gasteiger partial charge in [0.25, 0.3) is 0 Å². The average Bonchev–Trinajstić information content (AvgIpc) is 2.28. The van der Waals surface area contributed by atoms with Crippen molar-refractivity contribution in [2.75, 3.05) is 26.8 Å². The topological polar surface area (TPSA) is 59.6 Å². The summed E-state index contributed by atoms with van der Waals surface area (Å²) in [6, 6.07) is 0.245. The van der Waals surface area contributed by atoms with E-state index in [1.807, 2.05) is 20.8 Å². The van der Waals surface area contributed by atoms with E-state index in [4.69, 9.17) is 9.47 Å². The fourth-order valence-electron chi connectivity index (χ4n) is 1.55. The molecule has 0 rings (SSSR count). The van der Waals surface area contributed by atoms with Crippen LogP contribution >= 0.6 is 15.9 Å². The van der Waals surface area contributed by atoms with Crippen molar-refractivity contribution in [3.05, 3.63) is 11.1 Å². The number of methoxy groups -OCH3 is 1. The molecule has 20 heavy (non-hydrogen) atoms. The molecule has 0 saturated carbocycles. The molecule has 0 aromatic heterocycles. The predicted octanol–water partition coefficient (Wildman–Crippen LogP) is 2.80. The standard InChI is InChI=1S/C14H27BrN2O3/c1-11(15)9-17-12(10-19-5)7-6-8-16-13(18)20-14(2,3)4/h12,17H,1,6-10H2,2-5H3,(H,16,18). The number of alkyl carbamates (subject to hydrolysis) is 1. The lowest BCUT2D eigenvalue weighted by Crippen LogP contribution is -2.36. The monoisotopic (exact) mass is 350 g/mol. The highest BCUT2D eigenvalue weighted by atomic mass is 79.9. The summed E-state index contributed by atoms with van der Waals surface area (Å²) in [4.78, 5) is 11.5. The van der Waals surface area contributed by atoms with E-state index in [1.165, 1.54) is 0 Å². The van der Waals surface area contributed by atoms with Crippen LogP contribution in [0.25, 0.3) is 0 Å². The molecule has 1 unspecified atom stereocenters. The van der Waals surface area contributed by atoms with Crippen molar-refractivity contribution in [1.29, 1.82) is 0 Å². The van der Waals surface area contributed by atoms with Crippen LogP contribution in [0.1, 0.15) is 33.6 Å². The predicted molar refractivity (Wildman–Crippen MR) is 85.2 cm³/mol. The molecule has 0 aliphatic heterocycles. The van der Waals surface area contributed by atoms with E-state index >= 15 is 0 Å². The zero-order valence-corrected chi connectivity index (χ0v) is 14.5. The lowest BCUT2D eigenvalue weighted by molar-refractivity contribution is 0.0526. The lowest BCUT2D eigenvalue weighted by Gasteiger charge is -2.20. The van der Waals surface area contributed by atoms with Crippen LogP contribution in [-0.4, -0.2) is 44.5 Å². The third-order valence-electron chi connectivity index (χ3n) is 2.35. The van der Waals surface area contributed by atoms with Gasteiger partial charge in [0, 0.05) is 30.7 Å². The second-order valence-electron chi connectivity index (χ2n) is 5.62. The minimum absolute atomic E-state index is 0.245. The summed E-state index contributed by atoms with van der Waals surface area (Å²) in [6.07, 6.45) is 1.39. The molecule has 6 heteroatoms. The number of amides is 1. The van der Waals surface area contributed by atoms with E-state index in [9.17, 15) is 4.79 Å². The van der Waals surface area contributed by atoms with Gasteiger partial charge in [-0.1, -0.05) is 22.5 Å². The lowest BCUT2D eigenvalue weighted by atomic mass is 10.1. The van der Waals surface area contributed by atoms with Gasteiger partial charge in [-0.25, -0.2) is 4.79 Å². The van der Waals surface area contributed by atoms with Crippen molar-refractivity contribution in [1.82, 2.24) is 10.6 Å². The van der Waals surface area contributed by atoms with Gasteiger partial charge in [0.15, 0.2) is 0 Å². The Labute approximate surface area is 130 Å². The molecule has 5 nitrogen and oxygen atoms in total. The fourth-order valence-corrected chi connectivity index (χ4v) is 1.72. The molecule has 0 aliphatic carbocycles. The SMILES string of the molecule is C=C(Br)CNC(CCCNC(=O)OC(C)(C)C)COC. The van der Waals surface area contributed by atoms with E-state index in [-0.39, 0.29) is 12.1 Å². The number of nitrogens with one attached hydrogen (secondary N) is 2. The summed E-state index contributed by atoms with van der Waals surface area (Å²) < 4.78 is 11.2. The van der Waals surface area contributed by atoms with Crippen LogP contribution in [0.3, 0.4) is 0 Å². The molecule has 2 N–H and O–H groups in total. The number of carbonyl (C=O) groups excluding carboxylic acids is 1. The highest BCUT2D eigenvalue weighted by Gasteiger charge is 2.15. The minimum atomic E-state index is -0.458. The molecule has 1 atom stereocenters. The molecule has 0 aliphatic rings. The van der Waals surface area contributed by atoms with Crippen molar-refractivity contribution in [3.63, 3.8) is 0 Å². The van der Waals surface area contributed by atoms with Gasteiger partial charge in [-0.2, -0.15) is 0 Å². The quantitative estimate of drug-likeness (QED) is 0.627. The van der Waals surface area contributed by atoms with Crippen molar-refractivity contribution < 1.29 is 14.3 Å². The Morgan fingerprint density at radius 1 is 1.40 bits per heavy atom. The van der Waals surface area contributed by atoms with Gasteiger partial charge in [0.2, 0.25) is 0 Å². The van der Waals surface area contributed by atoms with Gasteiger partial charge in [-0.3, -0.25) is 0 Å². The summed E-state index contributed by atoms with van der Waals surface area (Å²) in [5.41, 5.74) is -0.458. The van der Waals surface area contributed by atoms with Crippen molar-refractivity contribution in [3.8, 4) is 0 Å². The summed E-state index contributed by atoms with van der Waals surface area (Å²) in [6.45, 7) is 11.2. The smallest absolute Gasteiger partial charge is 0.407 e. The maximum atomic E-state index is 11.5. The first-order valence-corrected chi connectivity index (χ1v) is 7.56. The Balaban J connectivity index is 3.82. The zero-order valence-electron chi connectivity index (χ0n) is 12.9. The molecular weight excluding hydrogens is 324 g/mol. The van der Waals surface area contributed by atoms with Crippen LogP contribution in [0.2, 0.25) is 0 Å². The molecule has 0 aromatic rings. The number of halogens is 1. The molecule has 0 radical (unpaired) electrons. The van der Waals surface area contributed by atoms with E-state index in [2.05, 4.69) is 33.1 Å². The van der Waals surface area contributed by atoms with E-state index in [0.717, 1.165) is 17.3 Å². The largest absolute Gasteiger partial charge is 0.444 e. The van der Waals surface area contributed by atoms with E-state index in [1.54, 1.807) is 7.11 Å². The summed E-state index contributed by atoms with van der Waals surface area (Å²) >= 11 is 3.31. The maximum absolute atomic E-state index is 11.5. The van der Waals surface area contributed by atoms with Crippen molar-refractivity contribution in [2.45, 2.75) is 45.3 Å².